The van der Waals surface area contributed by atoms with E-state index in [-0.39, 0.29) is 16.9 Å². The van der Waals surface area contributed by atoms with E-state index in [2.05, 4.69) is 20.4 Å². The van der Waals surface area contributed by atoms with Gasteiger partial charge in [0.1, 0.15) is 5.69 Å². The van der Waals surface area contributed by atoms with Gasteiger partial charge >= 0.3 is 6.18 Å². The van der Waals surface area contributed by atoms with Crippen LogP contribution in [0, 0.1) is 6.92 Å². The molecular formula is C21H18F3N5O. The van der Waals surface area contributed by atoms with Gasteiger partial charge in [-0.15, -0.1) is 0 Å². The van der Waals surface area contributed by atoms with Crippen LogP contribution in [0.3, 0.4) is 0 Å². The molecule has 4 rings (SSSR count). The zero-order chi connectivity index (χ0) is 21.5. The maximum absolute atomic E-state index is 13.0. The SMILES string of the molecule is Cc1cc(C(=O)NC(c2ccccc2)c2ccc3nc(C(F)(F)F)[nH]c3c2)n(C)n1. The molecule has 2 aromatic carbocycles. The predicted molar refractivity (Wildman–Crippen MR) is 105 cm³/mol. The van der Waals surface area contributed by atoms with Gasteiger partial charge in [0.05, 0.1) is 22.8 Å². The third-order valence-corrected chi connectivity index (χ3v) is 4.75. The number of amides is 1. The summed E-state index contributed by atoms with van der Waals surface area (Å²) in [6.07, 6.45) is -4.57. The maximum Gasteiger partial charge on any atom is 0.449 e. The van der Waals surface area contributed by atoms with Crippen molar-refractivity contribution < 1.29 is 18.0 Å². The number of aromatic nitrogens is 4. The number of aromatic amines is 1. The average molecular weight is 413 g/mol. The Morgan fingerprint density at radius 1 is 1.10 bits per heavy atom. The molecule has 0 saturated heterocycles. The van der Waals surface area contributed by atoms with E-state index in [1.54, 1.807) is 32.2 Å². The summed E-state index contributed by atoms with van der Waals surface area (Å²) >= 11 is 0. The number of alkyl halides is 3. The van der Waals surface area contributed by atoms with Crippen molar-refractivity contribution >= 4 is 16.9 Å². The van der Waals surface area contributed by atoms with E-state index in [9.17, 15) is 18.0 Å². The van der Waals surface area contributed by atoms with Crippen molar-refractivity contribution in [2.75, 3.05) is 0 Å². The summed E-state index contributed by atoms with van der Waals surface area (Å²) in [4.78, 5) is 18.8. The van der Waals surface area contributed by atoms with Crippen molar-refractivity contribution in [1.29, 1.82) is 0 Å². The number of benzene rings is 2. The molecule has 2 heterocycles. The van der Waals surface area contributed by atoms with E-state index in [1.165, 1.54) is 10.7 Å². The molecule has 0 aliphatic carbocycles. The molecule has 0 aliphatic rings. The van der Waals surface area contributed by atoms with Crippen LogP contribution in [0.4, 0.5) is 13.2 Å². The van der Waals surface area contributed by atoms with E-state index in [0.717, 1.165) is 5.56 Å². The normalized spacial score (nSPS) is 12.8. The highest BCUT2D eigenvalue weighted by molar-refractivity contribution is 5.93. The molecule has 30 heavy (non-hydrogen) atoms. The van der Waals surface area contributed by atoms with Crippen LogP contribution in [-0.2, 0) is 13.2 Å². The maximum atomic E-state index is 13.0. The molecule has 0 aliphatic heterocycles. The number of hydrogen-bond donors (Lipinski definition) is 2. The lowest BCUT2D eigenvalue weighted by atomic mass is 9.98. The van der Waals surface area contributed by atoms with Gasteiger partial charge in [-0.1, -0.05) is 36.4 Å². The summed E-state index contributed by atoms with van der Waals surface area (Å²) in [6.45, 7) is 1.79. The number of nitrogens with zero attached hydrogens (tertiary/aromatic N) is 3. The van der Waals surface area contributed by atoms with Crippen molar-refractivity contribution in [2.45, 2.75) is 19.1 Å². The number of fused-ring (bicyclic) bond motifs is 1. The standard InChI is InChI=1S/C21H18F3N5O/c1-12-10-17(29(2)28-12)19(30)27-18(13-6-4-3-5-7-13)14-8-9-15-16(11-14)26-20(25-15)21(22,23)24/h3-11,18H,1-2H3,(H,25,26)(H,27,30). The van der Waals surface area contributed by atoms with Crippen molar-refractivity contribution in [3.63, 3.8) is 0 Å². The third-order valence-electron chi connectivity index (χ3n) is 4.75. The quantitative estimate of drug-likeness (QED) is 0.528. The van der Waals surface area contributed by atoms with Gasteiger partial charge in [-0.2, -0.15) is 18.3 Å². The first-order chi connectivity index (χ1) is 14.2. The Hall–Kier alpha value is -3.62. The van der Waals surface area contributed by atoms with E-state index < -0.39 is 18.0 Å². The lowest BCUT2D eigenvalue weighted by Gasteiger charge is -2.20. The third kappa shape index (κ3) is 3.78. The molecule has 0 fully saturated rings. The Kier molecular flexibility index (Phi) is 4.81. The summed E-state index contributed by atoms with van der Waals surface area (Å²) in [6, 6.07) is 15.0. The van der Waals surface area contributed by atoms with Crippen LogP contribution < -0.4 is 5.32 Å². The number of carbonyl (C=O) groups is 1. The monoisotopic (exact) mass is 413 g/mol. The summed E-state index contributed by atoms with van der Waals surface area (Å²) in [5.74, 6) is -1.40. The van der Waals surface area contributed by atoms with Gasteiger partial charge in [-0.25, -0.2) is 4.98 Å². The van der Waals surface area contributed by atoms with Crippen molar-refractivity contribution in [2.24, 2.45) is 7.05 Å². The molecule has 1 atom stereocenters. The Balaban J connectivity index is 1.74. The fourth-order valence-electron chi connectivity index (χ4n) is 3.37. The fraction of sp³-hybridized carbons (Fsp3) is 0.190. The number of imidazole rings is 1. The van der Waals surface area contributed by atoms with Crippen molar-refractivity contribution in [1.82, 2.24) is 25.1 Å². The van der Waals surface area contributed by atoms with E-state index >= 15 is 0 Å². The molecule has 2 N–H and O–H groups in total. The fourth-order valence-corrected chi connectivity index (χ4v) is 3.37. The van der Waals surface area contributed by atoms with Crippen LogP contribution in [-0.4, -0.2) is 25.7 Å². The van der Waals surface area contributed by atoms with Gasteiger partial charge in [-0.3, -0.25) is 9.48 Å². The average Bonchev–Trinajstić information content (AvgIpc) is 3.28. The summed E-state index contributed by atoms with van der Waals surface area (Å²) in [7, 11) is 1.68. The summed E-state index contributed by atoms with van der Waals surface area (Å²) in [5, 5.41) is 7.15. The minimum absolute atomic E-state index is 0.200. The van der Waals surface area contributed by atoms with Crippen LogP contribution in [0.1, 0.15) is 39.2 Å². The summed E-state index contributed by atoms with van der Waals surface area (Å²) < 4.78 is 40.5. The molecule has 1 unspecified atom stereocenters. The predicted octanol–water partition coefficient (Wildman–Crippen LogP) is 4.14. The first-order valence-electron chi connectivity index (χ1n) is 9.15. The highest BCUT2D eigenvalue weighted by Gasteiger charge is 2.34. The van der Waals surface area contributed by atoms with Crippen LogP contribution in [0.15, 0.2) is 54.6 Å². The molecule has 0 radical (unpaired) electrons. The lowest BCUT2D eigenvalue weighted by Crippen LogP contribution is -2.30. The number of hydrogen-bond acceptors (Lipinski definition) is 3. The molecule has 154 valence electrons. The number of carbonyl (C=O) groups excluding carboxylic acids is 1. The molecule has 0 saturated carbocycles. The van der Waals surface area contributed by atoms with Crippen LogP contribution in [0.25, 0.3) is 11.0 Å². The summed E-state index contributed by atoms with van der Waals surface area (Å²) in [5.41, 5.74) is 2.95. The molecule has 2 aromatic heterocycles. The molecule has 6 nitrogen and oxygen atoms in total. The molecule has 4 aromatic rings. The van der Waals surface area contributed by atoms with Gasteiger partial charge in [0.15, 0.2) is 0 Å². The smallest absolute Gasteiger partial charge is 0.340 e. The lowest BCUT2D eigenvalue weighted by molar-refractivity contribution is -0.144. The zero-order valence-electron chi connectivity index (χ0n) is 16.2. The second kappa shape index (κ2) is 7.33. The highest BCUT2D eigenvalue weighted by Crippen LogP contribution is 2.30. The first kappa shape index (κ1) is 19.7. The van der Waals surface area contributed by atoms with Crippen molar-refractivity contribution in [3.05, 3.63) is 82.9 Å². The minimum Gasteiger partial charge on any atom is -0.340 e. The topological polar surface area (TPSA) is 75.6 Å². The van der Waals surface area contributed by atoms with E-state index in [0.29, 0.717) is 17.0 Å². The second-order valence-electron chi connectivity index (χ2n) is 6.97. The Morgan fingerprint density at radius 2 is 1.83 bits per heavy atom. The molecule has 0 spiro atoms. The largest absolute Gasteiger partial charge is 0.449 e. The molecule has 9 heteroatoms. The number of halogens is 3. The van der Waals surface area contributed by atoms with E-state index in [1.807, 2.05) is 30.3 Å². The van der Waals surface area contributed by atoms with Gasteiger partial charge in [0, 0.05) is 7.05 Å². The highest BCUT2D eigenvalue weighted by atomic mass is 19.4. The zero-order valence-corrected chi connectivity index (χ0v) is 16.2. The Morgan fingerprint density at radius 3 is 2.47 bits per heavy atom. The first-order valence-corrected chi connectivity index (χ1v) is 9.15. The van der Waals surface area contributed by atoms with E-state index in [4.69, 9.17) is 0 Å². The van der Waals surface area contributed by atoms with Gasteiger partial charge < -0.3 is 10.3 Å². The van der Waals surface area contributed by atoms with Crippen LogP contribution >= 0.6 is 0 Å². The van der Waals surface area contributed by atoms with Gasteiger partial charge in [0.25, 0.3) is 5.91 Å². The van der Waals surface area contributed by atoms with Crippen molar-refractivity contribution in [3.8, 4) is 0 Å². The molecular weight excluding hydrogens is 395 g/mol. The van der Waals surface area contributed by atoms with Gasteiger partial charge in [-0.05, 0) is 36.2 Å². The Labute approximate surface area is 169 Å². The number of aryl methyl sites for hydroxylation is 2. The number of rotatable bonds is 4. The van der Waals surface area contributed by atoms with Crippen LogP contribution in [0.5, 0.6) is 0 Å². The number of H-pyrrole nitrogens is 1. The molecule has 0 bridgehead atoms. The minimum atomic E-state index is -4.57. The molecule has 1 amide bonds. The number of nitrogens with one attached hydrogen (secondary N) is 2. The second-order valence-corrected chi connectivity index (χ2v) is 6.97. The van der Waals surface area contributed by atoms with Gasteiger partial charge in [0.2, 0.25) is 5.82 Å². The van der Waals surface area contributed by atoms with Crippen LogP contribution in [0.2, 0.25) is 0 Å². The Bertz CT molecular complexity index is 1210.